The summed E-state index contributed by atoms with van der Waals surface area (Å²) >= 11 is 1.52. The Labute approximate surface area is 182 Å². The number of carbonyl (C=O) groups excluding carboxylic acids is 2. The fourth-order valence-corrected chi connectivity index (χ4v) is 4.11. The highest BCUT2D eigenvalue weighted by atomic mass is 32.1. The van der Waals surface area contributed by atoms with Crippen molar-refractivity contribution in [3.8, 4) is 17.1 Å². The van der Waals surface area contributed by atoms with Gasteiger partial charge in [0.2, 0.25) is 4.96 Å². The van der Waals surface area contributed by atoms with Gasteiger partial charge in [-0.25, -0.2) is 4.52 Å². The van der Waals surface area contributed by atoms with Crippen LogP contribution in [0.25, 0.3) is 16.3 Å². The number of fused-ring (bicyclic) bond motifs is 1. The van der Waals surface area contributed by atoms with Crippen LogP contribution in [0.4, 0.5) is 5.69 Å². The topological polar surface area (TPSA) is 97.6 Å². The molecule has 0 spiro atoms. The normalized spacial score (nSPS) is 10.8. The first-order chi connectivity index (χ1) is 15.0. The monoisotopic (exact) mass is 435 g/mol. The average Bonchev–Trinajstić information content (AvgIpc) is 3.34. The number of hydrogen-bond acceptors (Lipinski definition) is 6. The van der Waals surface area contributed by atoms with E-state index >= 15 is 0 Å². The zero-order valence-electron chi connectivity index (χ0n) is 17.1. The number of nitrogens with zero attached hydrogens (tertiary/aromatic N) is 3. The number of anilines is 1. The van der Waals surface area contributed by atoms with Gasteiger partial charge in [0.15, 0.2) is 5.82 Å². The molecule has 0 fully saturated rings. The van der Waals surface area contributed by atoms with Gasteiger partial charge in [-0.3, -0.25) is 9.59 Å². The van der Waals surface area contributed by atoms with E-state index in [4.69, 9.17) is 4.74 Å². The third kappa shape index (κ3) is 4.56. The molecule has 2 amide bonds. The summed E-state index contributed by atoms with van der Waals surface area (Å²) in [5.41, 5.74) is 2.46. The van der Waals surface area contributed by atoms with E-state index in [0.717, 1.165) is 26.8 Å². The number of thiazole rings is 1. The number of hydrogen-bond donors (Lipinski definition) is 2. The average molecular weight is 436 g/mol. The van der Waals surface area contributed by atoms with E-state index in [1.54, 1.807) is 31.4 Å². The lowest BCUT2D eigenvalue weighted by Gasteiger charge is -2.06. The fourth-order valence-electron chi connectivity index (χ4n) is 3.06. The molecule has 31 heavy (non-hydrogen) atoms. The molecule has 2 aromatic carbocycles. The SMILES string of the molecule is COc1ccc(-c2nc3sc(CCNC(=O)C(=O)Nc4ccccc4)c(C)n3n2)cc1. The third-order valence-corrected chi connectivity index (χ3v) is 5.93. The summed E-state index contributed by atoms with van der Waals surface area (Å²) in [5.74, 6) is 0.0784. The van der Waals surface area contributed by atoms with Crippen LogP contribution in [0.3, 0.4) is 0 Å². The van der Waals surface area contributed by atoms with Crippen LogP contribution in [0, 0.1) is 6.92 Å². The summed E-state index contributed by atoms with van der Waals surface area (Å²) < 4.78 is 6.99. The van der Waals surface area contributed by atoms with E-state index < -0.39 is 11.8 Å². The van der Waals surface area contributed by atoms with Crippen molar-refractivity contribution >= 4 is 33.8 Å². The minimum absolute atomic E-state index is 0.344. The van der Waals surface area contributed by atoms with Crippen molar-refractivity contribution in [1.29, 1.82) is 0 Å². The first-order valence-corrected chi connectivity index (χ1v) is 10.5. The number of ether oxygens (including phenoxy) is 1. The summed E-state index contributed by atoms with van der Waals surface area (Å²) in [7, 11) is 1.63. The first-order valence-electron chi connectivity index (χ1n) is 9.69. The number of amides is 2. The number of para-hydroxylation sites is 1. The predicted octanol–water partition coefficient (Wildman–Crippen LogP) is 3.07. The summed E-state index contributed by atoms with van der Waals surface area (Å²) in [5, 5.41) is 9.83. The second-order valence-corrected chi connectivity index (χ2v) is 7.86. The molecule has 4 rings (SSSR count). The van der Waals surface area contributed by atoms with Crippen molar-refractivity contribution in [3.63, 3.8) is 0 Å². The maximum atomic E-state index is 12.0. The largest absolute Gasteiger partial charge is 0.497 e. The molecule has 0 aliphatic carbocycles. The van der Waals surface area contributed by atoms with Gasteiger partial charge in [0.1, 0.15) is 5.75 Å². The van der Waals surface area contributed by atoms with Crippen LogP contribution in [-0.4, -0.2) is 40.1 Å². The maximum Gasteiger partial charge on any atom is 0.313 e. The standard InChI is InChI=1S/C22H21N5O3S/c1-14-18(12-13-23-20(28)21(29)24-16-6-4-3-5-7-16)31-22-25-19(26-27(14)22)15-8-10-17(30-2)11-9-15/h3-11H,12-13H2,1-2H3,(H,23,28)(H,24,29). The number of carbonyl (C=O) groups is 2. The van der Waals surface area contributed by atoms with Crippen LogP contribution >= 0.6 is 11.3 Å². The Morgan fingerprint density at radius 1 is 1.06 bits per heavy atom. The number of benzene rings is 2. The number of rotatable bonds is 6. The van der Waals surface area contributed by atoms with E-state index in [1.165, 1.54) is 11.3 Å². The first kappa shape index (κ1) is 20.5. The highest BCUT2D eigenvalue weighted by Crippen LogP contribution is 2.26. The van der Waals surface area contributed by atoms with Crippen molar-refractivity contribution in [2.24, 2.45) is 0 Å². The van der Waals surface area contributed by atoms with Crippen molar-refractivity contribution in [2.75, 3.05) is 19.0 Å². The fraction of sp³-hybridized carbons (Fsp3) is 0.182. The third-order valence-electron chi connectivity index (χ3n) is 4.74. The van der Waals surface area contributed by atoms with Crippen molar-refractivity contribution in [2.45, 2.75) is 13.3 Å². The minimum Gasteiger partial charge on any atom is -0.497 e. The lowest BCUT2D eigenvalue weighted by molar-refractivity contribution is -0.136. The van der Waals surface area contributed by atoms with E-state index in [1.807, 2.05) is 41.8 Å². The molecule has 2 aromatic heterocycles. The van der Waals surface area contributed by atoms with Gasteiger partial charge < -0.3 is 15.4 Å². The summed E-state index contributed by atoms with van der Waals surface area (Å²) in [6.07, 6.45) is 0.587. The summed E-state index contributed by atoms with van der Waals surface area (Å²) in [6.45, 7) is 2.31. The molecular formula is C22H21N5O3S. The Bertz CT molecular complexity index is 1220. The maximum absolute atomic E-state index is 12.0. The predicted molar refractivity (Wildman–Crippen MR) is 119 cm³/mol. The molecule has 158 valence electrons. The lowest BCUT2D eigenvalue weighted by Crippen LogP contribution is -2.36. The van der Waals surface area contributed by atoms with E-state index in [2.05, 4.69) is 20.7 Å². The van der Waals surface area contributed by atoms with Crippen LogP contribution in [0.1, 0.15) is 10.6 Å². The van der Waals surface area contributed by atoms with Crippen LogP contribution < -0.4 is 15.4 Å². The lowest BCUT2D eigenvalue weighted by atomic mass is 10.2. The van der Waals surface area contributed by atoms with Gasteiger partial charge in [-0.1, -0.05) is 29.5 Å². The Hall–Kier alpha value is -3.72. The second kappa shape index (κ2) is 8.97. The Morgan fingerprint density at radius 3 is 2.48 bits per heavy atom. The van der Waals surface area contributed by atoms with Crippen molar-refractivity contribution < 1.29 is 14.3 Å². The van der Waals surface area contributed by atoms with Crippen LogP contribution in [0.5, 0.6) is 5.75 Å². The number of nitrogens with one attached hydrogen (secondary N) is 2. The summed E-state index contributed by atoms with van der Waals surface area (Å²) in [4.78, 5) is 30.5. The van der Waals surface area contributed by atoms with Gasteiger partial charge in [0.25, 0.3) is 0 Å². The molecule has 0 unspecified atom stereocenters. The summed E-state index contributed by atoms with van der Waals surface area (Å²) in [6, 6.07) is 16.5. The Kier molecular flexibility index (Phi) is 5.94. The van der Waals surface area contributed by atoms with Crippen LogP contribution in [0.15, 0.2) is 54.6 Å². The van der Waals surface area contributed by atoms with Crippen molar-refractivity contribution in [3.05, 3.63) is 65.2 Å². The van der Waals surface area contributed by atoms with Gasteiger partial charge in [0, 0.05) is 29.1 Å². The molecule has 9 heteroatoms. The highest BCUT2D eigenvalue weighted by Gasteiger charge is 2.16. The van der Waals surface area contributed by atoms with Crippen molar-refractivity contribution in [1.82, 2.24) is 19.9 Å². The molecule has 0 saturated carbocycles. The number of methoxy groups -OCH3 is 1. The van der Waals surface area contributed by atoms with Crippen LogP contribution in [0.2, 0.25) is 0 Å². The minimum atomic E-state index is -0.685. The molecule has 0 bridgehead atoms. The Morgan fingerprint density at radius 2 is 1.81 bits per heavy atom. The molecule has 2 heterocycles. The van der Waals surface area contributed by atoms with Gasteiger partial charge in [-0.15, -0.1) is 5.10 Å². The zero-order valence-corrected chi connectivity index (χ0v) is 17.9. The highest BCUT2D eigenvalue weighted by molar-refractivity contribution is 7.17. The molecule has 4 aromatic rings. The van der Waals surface area contributed by atoms with Gasteiger partial charge >= 0.3 is 11.8 Å². The molecule has 0 aliphatic heterocycles. The van der Waals surface area contributed by atoms with Crippen LogP contribution in [-0.2, 0) is 16.0 Å². The Balaban J connectivity index is 1.36. The molecule has 0 atom stereocenters. The van der Waals surface area contributed by atoms with E-state index in [0.29, 0.717) is 24.5 Å². The smallest absolute Gasteiger partial charge is 0.313 e. The molecule has 8 nitrogen and oxygen atoms in total. The molecule has 2 N–H and O–H groups in total. The van der Waals surface area contributed by atoms with E-state index in [-0.39, 0.29) is 0 Å². The van der Waals surface area contributed by atoms with Gasteiger partial charge in [-0.05, 0) is 43.3 Å². The molecule has 0 saturated heterocycles. The zero-order chi connectivity index (χ0) is 21.8. The molecular weight excluding hydrogens is 414 g/mol. The quantitative estimate of drug-likeness (QED) is 0.454. The van der Waals surface area contributed by atoms with Gasteiger partial charge in [-0.2, -0.15) is 4.98 Å². The molecule has 0 radical (unpaired) electrons. The molecule has 0 aliphatic rings. The second-order valence-electron chi connectivity index (χ2n) is 6.79. The van der Waals surface area contributed by atoms with E-state index in [9.17, 15) is 9.59 Å². The number of aromatic nitrogens is 3. The van der Waals surface area contributed by atoms with Gasteiger partial charge in [0.05, 0.1) is 12.8 Å². The number of aryl methyl sites for hydroxylation is 1.